The molecule has 0 radical (unpaired) electrons. The molecule has 1 aliphatic heterocycles. The third-order valence-corrected chi connectivity index (χ3v) is 6.23. The number of ether oxygens (including phenoxy) is 1. The molecule has 186 valence electrons. The number of hydrogen-bond donors (Lipinski definition) is 2. The Morgan fingerprint density at radius 3 is 2.00 bits per heavy atom. The predicted molar refractivity (Wildman–Crippen MR) is 134 cm³/mol. The van der Waals surface area contributed by atoms with Crippen LogP contribution in [0.1, 0.15) is 29.5 Å². The van der Waals surface area contributed by atoms with Crippen LogP contribution in [-0.4, -0.2) is 44.8 Å². The molecular weight excluding hydrogens is 482 g/mol. The summed E-state index contributed by atoms with van der Waals surface area (Å²) in [5.74, 6) is -1.04. The quantitative estimate of drug-likeness (QED) is 0.286. The predicted octanol–water partition coefficient (Wildman–Crippen LogP) is 3.61. The second-order valence-electron chi connectivity index (χ2n) is 8.33. The van der Waals surface area contributed by atoms with E-state index in [1.165, 1.54) is 4.90 Å². The molecule has 2 unspecified atom stereocenters. The van der Waals surface area contributed by atoms with Crippen molar-refractivity contribution in [2.45, 2.75) is 25.2 Å². The highest BCUT2D eigenvalue weighted by Gasteiger charge is 2.42. The monoisotopic (exact) mass is 507 g/mol. The summed E-state index contributed by atoms with van der Waals surface area (Å²) in [5.41, 5.74) is 2.46. The molecule has 1 fully saturated rings. The standard InChI is InChI=1S/C26H25N3O6S/c1-17-25(35-36(2,32)33)34-26(31)29(17)21-15-13-20(14-16-21)23(27)28-24(30)22(18-9-5-3-6-10-18)19-11-7-4-8-12-19/h3-17,22,25H,1-2H3,(H2,27,28,30). The second kappa shape index (κ2) is 10.3. The molecule has 0 spiro atoms. The van der Waals surface area contributed by atoms with Gasteiger partial charge in [0, 0.05) is 11.3 Å². The maximum absolute atomic E-state index is 13.3. The van der Waals surface area contributed by atoms with Gasteiger partial charge in [0.05, 0.1) is 12.2 Å². The summed E-state index contributed by atoms with van der Waals surface area (Å²) >= 11 is 0. The van der Waals surface area contributed by atoms with Gasteiger partial charge < -0.3 is 10.1 Å². The minimum atomic E-state index is -3.82. The first kappa shape index (κ1) is 25.1. The Hall–Kier alpha value is -4.02. The van der Waals surface area contributed by atoms with Crippen molar-refractivity contribution in [3.63, 3.8) is 0 Å². The van der Waals surface area contributed by atoms with Crippen molar-refractivity contribution in [1.82, 2.24) is 5.32 Å². The Kier molecular flexibility index (Phi) is 7.18. The van der Waals surface area contributed by atoms with Crippen LogP contribution in [0.2, 0.25) is 0 Å². The SMILES string of the molecule is CC1C(OS(C)(=O)=O)OC(=O)N1c1ccc(C(=N)NC(=O)C(c2ccccc2)c2ccccc2)cc1. The Balaban J connectivity index is 1.49. The number of anilines is 1. The van der Waals surface area contributed by atoms with E-state index in [-0.39, 0.29) is 11.7 Å². The highest BCUT2D eigenvalue weighted by molar-refractivity contribution is 7.86. The summed E-state index contributed by atoms with van der Waals surface area (Å²) < 4.78 is 32.7. The topological polar surface area (TPSA) is 126 Å². The maximum atomic E-state index is 13.3. The number of nitrogens with one attached hydrogen (secondary N) is 2. The molecule has 4 rings (SSSR count). The zero-order valence-electron chi connectivity index (χ0n) is 19.6. The van der Waals surface area contributed by atoms with Gasteiger partial charge in [-0.15, -0.1) is 0 Å². The summed E-state index contributed by atoms with van der Waals surface area (Å²) in [6.45, 7) is 1.60. The number of cyclic esters (lactones) is 1. The van der Waals surface area contributed by atoms with E-state index in [1.807, 2.05) is 60.7 Å². The van der Waals surface area contributed by atoms with Crippen molar-refractivity contribution in [1.29, 1.82) is 5.41 Å². The first-order valence-electron chi connectivity index (χ1n) is 11.1. The van der Waals surface area contributed by atoms with Crippen LogP contribution in [0.4, 0.5) is 10.5 Å². The molecule has 10 heteroatoms. The third kappa shape index (κ3) is 5.61. The zero-order valence-corrected chi connectivity index (χ0v) is 20.4. The first-order chi connectivity index (χ1) is 17.1. The summed E-state index contributed by atoms with van der Waals surface area (Å²) in [4.78, 5) is 26.8. The normalized spacial score (nSPS) is 17.6. The Bertz CT molecular complexity index is 1320. The summed E-state index contributed by atoms with van der Waals surface area (Å²) in [5, 5.41) is 11.1. The molecule has 9 nitrogen and oxygen atoms in total. The first-order valence-corrected chi connectivity index (χ1v) is 12.9. The Morgan fingerprint density at radius 2 is 1.50 bits per heavy atom. The highest BCUT2D eigenvalue weighted by Crippen LogP contribution is 2.29. The van der Waals surface area contributed by atoms with Gasteiger partial charge in [-0.05, 0) is 42.3 Å². The number of carbonyl (C=O) groups is 2. The van der Waals surface area contributed by atoms with Crippen LogP contribution in [0, 0.1) is 5.41 Å². The molecule has 36 heavy (non-hydrogen) atoms. The molecule has 2 N–H and O–H groups in total. The summed E-state index contributed by atoms with van der Waals surface area (Å²) in [6.07, 6.45) is -1.14. The van der Waals surface area contributed by atoms with Crippen molar-refractivity contribution >= 4 is 33.6 Å². The van der Waals surface area contributed by atoms with E-state index in [1.54, 1.807) is 31.2 Å². The average Bonchev–Trinajstić information content (AvgIpc) is 3.11. The lowest BCUT2D eigenvalue weighted by Gasteiger charge is -2.21. The molecule has 1 heterocycles. The van der Waals surface area contributed by atoms with E-state index in [0.717, 1.165) is 17.4 Å². The van der Waals surface area contributed by atoms with Gasteiger partial charge in [0.15, 0.2) is 0 Å². The van der Waals surface area contributed by atoms with E-state index < -0.39 is 34.5 Å². The van der Waals surface area contributed by atoms with Crippen LogP contribution in [0.3, 0.4) is 0 Å². The molecule has 0 aliphatic carbocycles. The van der Waals surface area contributed by atoms with E-state index >= 15 is 0 Å². The van der Waals surface area contributed by atoms with Gasteiger partial charge in [-0.25, -0.2) is 8.98 Å². The lowest BCUT2D eigenvalue weighted by atomic mass is 9.90. The van der Waals surface area contributed by atoms with Gasteiger partial charge >= 0.3 is 6.09 Å². The molecule has 2 atom stereocenters. The van der Waals surface area contributed by atoms with Gasteiger partial charge in [0.2, 0.25) is 12.2 Å². The largest absolute Gasteiger partial charge is 0.417 e. The highest BCUT2D eigenvalue weighted by atomic mass is 32.2. The molecule has 3 aromatic rings. The van der Waals surface area contributed by atoms with E-state index in [4.69, 9.17) is 14.3 Å². The van der Waals surface area contributed by atoms with Crippen molar-refractivity contribution < 1.29 is 26.9 Å². The van der Waals surface area contributed by atoms with Crippen molar-refractivity contribution in [3.05, 3.63) is 102 Å². The van der Waals surface area contributed by atoms with Crippen LogP contribution >= 0.6 is 0 Å². The van der Waals surface area contributed by atoms with Crippen molar-refractivity contribution in [2.24, 2.45) is 0 Å². The lowest BCUT2D eigenvalue weighted by molar-refractivity contribution is -0.120. The smallest absolute Gasteiger partial charge is 0.416 e. The Labute approximate surface area is 209 Å². The Morgan fingerprint density at radius 1 is 0.972 bits per heavy atom. The summed E-state index contributed by atoms with van der Waals surface area (Å²) in [6, 6.07) is 24.3. The number of nitrogens with zero attached hydrogens (tertiary/aromatic N) is 1. The molecule has 1 saturated heterocycles. The number of hydrogen-bond acceptors (Lipinski definition) is 7. The van der Waals surface area contributed by atoms with Gasteiger partial charge in [-0.3, -0.25) is 15.1 Å². The van der Waals surface area contributed by atoms with E-state index in [0.29, 0.717) is 11.3 Å². The minimum absolute atomic E-state index is 0.0984. The van der Waals surface area contributed by atoms with Crippen LogP contribution in [0.25, 0.3) is 0 Å². The number of amides is 2. The number of amidine groups is 1. The molecule has 0 bridgehead atoms. The molecular formula is C26H25N3O6S. The fraction of sp³-hybridized carbons (Fsp3) is 0.192. The average molecular weight is 508 g/mol. The molecule has 1 aliphatic rings. The molecule has 0 saturated carbocycles. The van der Waals surface area contributed by atoms with Crippen LogP contribution in [0.5, 0.6) is 0 Å². The minimum Gasteiger partial charge on any atom is -0.416 e. The molecule has 0 aromatic heterocycles. The lowest BCUT2D eigenvalue weighted by Crippen LogP contribution is -2.36. The van der Waals surface area contributed by atoms with Gasteiger partial charge in [-0.2, -0.15) is 8.42 Å². The molecule has 3 aromatic carbocycles. The van der Waals surface area contributed by atoms with Gasteiger partial charge in [-0.1, -0.05) is 60.7 Å². The van der Waals surface area contributed by atoms with Crippen molar-refractivity contribution in [3.8, 4) is 0 Å². The fourth-order valence-electron chi connectivity index (χ4n) is 4.00. The second-order valence-corrected chi connectivity index (χ2v) is 9.93. The zero-order chi connectivity index (χ0) is 25.9. The molecule has 2 amide bonds. The fourth-order valence-corrected chi connectivity index (χ4v) is 4.54. The van der Waals surface area contributed by atoms with Crippen LogP contribution in [-0.2, 0) is 23.8 Å². The van der Waals surface area contributed by atoms with Crippen LogP contribution < -0.4 is 10.2 Å². The van der Waals surface area contributed by atoms with Gasteiger partial charge in [0.25, 0.3) is 10.1 Å². The third-order valence-electron chi connectivity index (χ3n) is 5.69. The number of carbonyl (C=O) groups excluding carboxylic acids is 2. The van der Waals surface area contributed by atoms with E-state index in [9.17, 15) is 18.0 Å². The van der Waals surface area contributed by atoms with E-state index in [2.05, 4.69) is 5.32 Å². The number of rotatable bonds is 7. The summed E-state index contributed by atoms with van der Waals surface area (Å²) in [7, 11) is -3.82. The number of benzene rings is 3. The van der Waals surface area contributed by atoms with Gasteiger partial charge in [0.1, 0.15) is 11.9 Å². The van der Waals surface area contributed by atoms with Crippen LogP contribution in [0.15, 0.2) is 84.9 Å². The van der Waals surface area contributed by atoms with Crippen molar-refractivity contribution in [2.75, 3.05) is 11.2 Å². The maximum Gasteiger partial charge on any atom is 0.417 e.